The van der Waals surface area contributed by atoms with Crippen LogP contribution in [0.2, 0.25) is 0 Å². The molecular formula is C15H13N3O2. The second-order valence-electron chi connectivity index (χ2n) is 4.50. The van der Waals surface area contributed by atoms with Gasteiger partial charge in [-0.05, 0) is 24.3 Å². The Hall–Kier alpha value is -2.69. The molecule has 20 heavy (non-hydrogen) atoms. The van der Waals surface area contributed by atoms with E-state index in [1.807, 2.05) is 36.4 Å². The van der Waals surface area contributed by atoms with Crippen molar-refractivity contribution in [3.05, 3.63) is 75.1 Å². The maximum Gasteiger partial charge on any atom is 0.316 e. The van der Waals surface area contributed by atoms with E-state index in [0.717, 1.165) is 11.2 Å². The summed E-state index contributed by atoms with van der Waals surface area (Å²) in [6.07, 6.45) is 2.32. The summed E-state index contributed by atoms with van der Waals surface area (Å²) in [5, 5.41) is 0. The van der Waals surface area contributed by atoms with Gasteiger partial charge < -0.3 is 9.55 Å². The van der Waals surface area contributed by atoms with Crippen molar-refractivity contribution >= 4 is 11.0 Å². The van der Waals surface area contributed by atoms with Crippen molar-refractivity contribution in [3.63, 3.8) is 0 Å². The van der Waals surface area contributed by atoms with Crippen LogP contribution in [0.4, 0.5) is 0 Å². The van der Waals surface area contributed by atoms with Crippen molar-refractivity contribution in [1.29, 1.82) is 0 Å². The number of nitrogens with zero attached hydrogens (tertiary/aromatic N) is 2. The third-order valence-electron chi connectivity index (χ3n) is 3.20. The first-order chi connectivity index (χ1) is 9.75. The summed E-state index contributed by atoms with van der Waals surface area (Å²) >= 11 is 0. The molecule has 0 radical (unpaired) electrons. The van der Waals surface area contributed by atoms with E-state index in [0.29, 0.717) is 18.5 Å². The lowest BCUT2D eigenvalue weighted by atomic mass is 10.2. The molecule has 0 aliphatic rings. The minimum absolute atomic E-state index is 0.431. The Bertz CT molecular complexity index is 850. The van der Waals surface area contributed by atoms with Gasteiger partial charge >= 0.3 is 11.1 Å². The Balaban J connectivity index is 2.04. The van der Waals surface area contributed by atoms with Gasteiger partial charge in [0.1, 0.15) is 0 Å². The molecular weight excluding hydrogens is 254 g/mol. The van der Waals surface area contributed by atoms with E-state index in [-0.39, 0.29) is 0 Å². The summed E-state index contributed by atoms with van der Waals surface area (Å²) in [7, 11) is 0. The summed E-state index contributed by atoms with van der Waals surface area (Å²) < 4.78 is 1.50. The van der Waals surface area contributed by atoms with Crippen LogP contribution in [-0.2, 0) is 13.0 Å². The number of rotatable bonds is 3. The molecule has 2 heterocycles. The molecule has 100 valence electrons. The number of fused-ring (bicyclic) bond motifs is 1. The Morgan fingerprint density at radius 3 is 2.65 bits per heavy atom. The predicted molar refractivity (Wildman–Crippen MR) is 76.8 cm³/mol. The zero-order valence-electron chi connectivity index (χ0n) is 10.7. The van der Waals surface area contributed by atoms with Crippen molar-refractivity contribution in [3.8, 4) is 0 Å². The molecule has 0 amide bonds. The molecule has 1 N–H and O–H groups in total. The van der Waals surface area contributed by atoms with Crippen molar-refractivity contribution in [1.82, 2.24) is 14.5 Å². The van der Waals surface area contributed by atoms with Gasteiger partial charge in [0.2, 0.25) is 0 Å². The fourth-order valence-corrected chi connectivity index (χ4v) is 2.22. The van der Waals surface area contributed by atoms with Gasteiger partial charge in [-0.1, -0.05) is 18.2 Å². The second-order valence-corrected chi connectivity index (χ2v) is 4.50. The fourth-order valence-electron chi connectivity index (χ4n) is 2.22. The number of pyridine rings is 1. The van der Waals surface area contributed by atoms with E-state index in [9.17, 15) is 9.59 Å². The maximum atomic E-state index is 12.0. The maximum absolute atomic E-state index is 12.0. The quantitative estimate of drug-likeness (QED) is 0.728. The third-order valence-corrected chi connectivity index (χ3v) is 3.20. The minimum Gasteiger partial charge on any atom is -0.316 e. The largest absolute Gasteiger partial charge is 0.316 e. The normalized spacial score (nSPS) is 10.8. The first kappa shape index (κ1) is 12.3. The molecule has 0 aliphatic heterocycles. The van der Waals surface area contributed by atoms with Crippen LogP contribution in [0.3, 0.4) is 0 Å². The van der Waals surface area contributed by atoms with E-state index in [1.54, 1.807) is 12.3 Å². The van der Waals surface area contributed by atoms with Crippen LogP contribution in [0.15, 0.2) is 58.3 Å². The average molecular weight is 267 g/mol. The molecule has 3 aromatic rings. The van der Waals surface area contributed by atoms with Crippen LogP contribution < -0.4 is 11.1 Å². The standard InChI is InChI=1S/C15H13N3O2/c19-14-15(20)18(10-8-11-5-3-4-9-16-11)13-7-2-1-6-12(13)17-14/h1-7,9H,8,10H2,(H,17,19). The summed E-state index contributed by atoms with van der Waals surface area (Å²) in [4.78, 5) is 30.5. The first-order valence-corrected chi connectivity index (χ1v) is 6.37. The zero-order chi connectivity index (χ0) is 13.9. The zero-order valence-corrected chi connectivity index (χ0v) is 10.7. The van der Waals surface area contributed by atoms with Crippen LogP contribution in [0.1, 0.15) is 5.69 Å². The van der Waals surface area contributed by atoms with E-state index in [1.165, 1.54) is 4.57 Å². The summed E-state index contributed by atoms with van der Waals surface area (Å²) in [6, 6.07) is 12.9. The number of benzene rings is 1. The number of aromatic nitrogens is 3. The Kier molecular flexibility index (Phi) is 3.16. The van der Waals surface area contributed by atoms with Crippen LogP contribution in [0, 0.1) is 0 Å². The molecule has 0 aliphatic carbocycles. The highest BCUT2D eigenvalue weighted by Crippen LogP contribution is 2.08. The number of H-pyrrole nitrogens is 1. The summed E-state index contributed by atoms with van der Waals surface area (Å²) in [5.74, 6) is 0. The molecule has 5 heteroatoms. The lowest BCUT2D eigenvalue weighted by Gasteiger charge is -2.09. The lowest BCUT2D eigenvalue weighted by molar-refractivity contribution is 0.675. The Morgan fingerprint density at radius 2 is 1.85 bits per heavy atom. The Morgan fingerprint density at radius 1 is 1.05 bits per heavy atom. The predicted octanol–water partition coefficient (Wildman–Crippen LogP) is 1.33. The summed E-state index contributed by atoms with van der Waals surface area (Å²) in [6.45, 7) is 0.431. The fraction of sp³-hybridized carbons (Fsp3) is 0.133. The van der Waals surface area contributed by atoms with Gasteiger partial charge in [0.15, 0.2) is 0 Å². The molecule has 2 aromatic heterocycles. The number of hydrogen-bond donors (Lipinski definition) is 1. The van der Waals surface area contributed by atoms with Crippen molar-refractivity contribution in [2.24, 2.45) is 0 Å². The van der Waals surface area contributed by atoms with Gasteiger partial charge in [-0.25, -0.2) is 0 Å². The topological polar surface area (TPSA) is 67.8 Å². The van der Waals surface area contributed by atoms with Gasteiger partial charge in [-0.2, -0.15) is 0 Å². The molecule has 0 atom stereocenters. The first-order valence-electron chi connectivity index (χ1n) is 6.37. The smallest absolute Gasteiger partial charge is 0.316 e. The summed E-state index contributed by atoms with van der Waals surface area (Å²) in [5.41, 5.74) is 1.17. The molecule has 0 fully saturated rings. The molecule has 0 spiro atoms. The lowest BCUT2D eigenvalue weighted by Crippen LogP contribution is -2.36. The molecule has 0 saturated heterocycles. The molecule has 5 nitrogen and oxygen atoms in total. The number of para-hydroxylation sites is 2. The van der Waals surface area contributed by atoms with Crippen LogP contribution in [0.25, 0.3) is 11.0 Å². The van der Waals surface area contributed by atoms with Crippen LogP contribution in [-0.4, -0.2) is 14.5 Å². The van der Waals surface area contributed by atoms with E-state index in [4.69, 9.17) is 0 Å². The number of hydrogen-bond acceptors (Lipinski definition) is 3. The van der Waals surface area contributed by atoms with Gasteiger partial charge in [0, 0.05) is 24.9 Å². The van der Waals surface area contributed by atoms with E-state index in [2.05, 4.69) is 9.97 Å². The molecule has 0 saturated carbocycles. The van der Waals surface area contributed by atoms with Gasteiger partial charge in [-0.3, -0.25) is 14.6 Å². The molecule has 0 bridgehead atoms. The second kappa shape index (κ2) is 5.13. The molecule has 0 unspecified atom stereocenters. The highest BCUT2D eigenvalue weighted by molar-refractivity contribution is 5.74. The SMILES string of the molecule is O=c1[nH]c2ccccc2n(CCc2ccccn2)c1=O. The monoisotopic (exact) mass is 267 g/mol. The van der Waals surface area contributed by atoms with Crippen LogP contribution in [0.5, 0.6) is 0 Å². The highest BCUT2D eigenvalue weighted by atomic mass is 16.2. The number of nitrogens with one attached hydrogen (secondary N) is 1. The van der Waals surface area contributed by atoms with Gasteiger partial charge in [0.05, 0.1) is 11.0 Å². The molecule has 1 aromatic carbocycles. The van der Waals surface area contributed by atoms with Crippen molar-refractivity contribution in [2.45, 2.75) is 13.0 Å². The van der Waals surface area contributed by atoms with Crippen molar-refractivity contribution < 1.29 is 0 Å². The van der Waals surface area contributed by atoms with E-state index < -0.39 is 11.1 Å². The van der Waals surface area contributed by atoms with E-state index >= 15 is 0 Å². The molecule has 3 rings (SSSR count). The third kappa shape index (κ3) is 2.25. The Labute approximate surface area is 114 Å². The van der Waals surface area contributed by atoms with Gasteiger partial charge in [0.25, 0.3) is 0 Å². The highest BCUT2D eigenvalue weighted by Gasteiger charge is 2.07. The van der Waals surface area contributed by atoms with Crippen LogP contribution >= 0.6 is 0 Å². The minimum atomic E-state index is -0.593. The van der Waals surface area contributed by atoms with Gasteiger partial charge in [-0.15, -0.1) is 0 Å². The number of aromatic amines is 1. The average Bonchev–Trinajstić information content (AvgIpc) is 2.49. The number of aryl methyl sites for hydroxylation is 2. The van der Waals surface area contributed by atoms with Crippen molar-refractivity contribution in [2.75, 3.05) is 0 Å².